The second-order valence-corrected chi connectivity index (χ2v) is 19.9. The highest BCUT2D eigenvalue weighted by Crippen LogP contribution is 2.70. The van der Waals surface area contributed by atoms with Crippen molar-refractivity contribution in [3.63, 3.8) is 0 Å². The lowest BCUT2D eigenvalue weighted by Gasteiger charge is -2.59. The lowest BCUT2D eigenvalue weighted by Crippen LogP contribution is -2.63. The van der Waals surface area contributed by atoms with Gasteiger partial charge in [-0.05, 0) is 85.2 Å². The molecule has 1 saturated heterocycles. The van der Waals surface area contributed by atoms with Crippen LogP contribution in [0.4, 0.5) is 5.69 Å². The molecule has 2 heterocycles. The summed E-state index contributed by atoms with van der Waals surface area (Å²) in [7, 11) is -5.03. The first-order valence-electron chi connectivity index (χ1n) is 20.3. The predicted octanol–water partition coefficient (Wildman–Crippen LogP) is 3.86. The summed E-state index contributed by atoms with van der Waals surface area (Å²) in [4.78, 5) is 94.9. The Labute approximate surface area is 369 Å². The first-order chi connectivity index (χ1) is 29.3. The van der Waals surface area contributed by atoms with Crippen molar-refractivity contribution in [2.45, 2.75) is 88.9 Å². The number of rotatable bonds is 16. The van der Waals surface area contributed by atoms with Gasteiger partial charge in [0.05, 0.1) is 24.1 Å². The highest BCUT2D eigenvalue weighted by atomic mass is 79.9. The predicted molar refractivity (Wildman–Crippen MR) is 226 cm³/mol. The number of fused-ring (bicyclic) bond motifs is 7. The van der Waals surface area contributed by atoms with Crippen LogP contribution >= 0.6 is 35.1 Å². The van der Waals surface area contributed by atoms with Crippen LogP contribution in [0.15, 0.2) is 59.5 Å². The molecule has 20 heteroatoms. The van der Waals surface area contributed by atoms with Gasteiger partial charge < -0.3 is 45.4 Å². The lowest BCUT2D eigenvalue weighted by atomic mass is 9.46. The zero-order valence-corrected chi connectivity index (χ0v) is 37.2. The second kappa shape index (κ2) is 17.9. The number of hydrogen-bond acceptors (Lipinski definition) is 12. The third kappa shape index (κ3) is 9.06. The van der Waals surface area contributed by atoms with Crippen molar-refractivity contribution in [1.82, 2.24) is 10.6 Å². The Bertz CT molecular complexity index is 2240. The number of ether oxygens (including phenoxy) is 2. The SMILES string of the molecule is C[C@]12C=CC(=O)C=C1CC[C@@H]1[C@@H]2[C@@H](O)C[C@@]2(C)[C@H]1C[C@H]1O[C@@H](c3csc(Cc4ccc(NC(=O)[C@H](CCC(=O)O)NC(=O)CNC(=O)CBr)cc4)c3)O[C@]12C(=O)COP(=O)(O)O. The number of anilines is 1. The number of phosphoric acid groups is 1. The summed E-state index contributed by atoms with van der Waals surface area (Å²) in [5.74, 6) is -4.09. The third-order valence-electron chi connectivity index (χ3n) is 13.4. The van der Waals surface area contributed by atoms with E-state index in [9.17, 15) is 48.2 Å². The molecule has 5 aliphatic rings. The largest absolute Gasteiger partial charge is 0.481 e. The van der Waals surface area contributed by atoms with E-state index in [0.717, 1.165) is 16.0 Å². The van der Waals surface area contributed by atoms with Gasteiger partial charge in [-0.1, -0.05) is 53.6 Å². The second-order valence-electron chi connectivity index (χ2n) is 17.1. The van der Waals surface area contributed by atoms with Gasteiger partial charge in [0.15, 0.2) is 23.5 Å². The van der Waals surface area contributed by atoms with E-state index < -0.39 is 84.9 Å². The number of carbonyl (C=O) groups excluding carboxylic acids is 5. The Kier molecular flexibility index (Phi) is 13.3. The molecule has 334 valence electrons. The minimum absolute atomic E-state index is 0.0150. The molecule has 62 heavy (non-hydrogen) atoms. The molecule has 1 aromatic heterocycles. The van der Waals surface area contributed by atoms with Crippen LogP contribution in [-0.4, -0.2) is 97.6 Å². The van der Waals surface area contributed by atoms with Crippen LogP contribution in [0.25, 0.3) is 0 Å². The van der Waals surface area contributed by atoms with E-state index in [1.54, 1.807) is 36.4 Å². The van der Waals surface area contributed by atoms with Gasteiger partial charge in [0.1, 0.15) is 12.6 Å². The average molecular weight is 963 g/mol. The number of nitrogens with one attached hydrogen (secondary N) is 3. The normalized spacial score (nSPS) is 31.5. The van der Waals surface area contributed by atoms with Crippen LogP contribution in [0.5, 0.6) is 0 Å². The van der Waals surface area contributed by atoms with Crippen LogP contribution in [0.1, 0.15) is 74.7 Å². The third-order valence-corrected chi connectivity index (χ3v) is 15.4. The molecule has 3 saturated carbocycles. The number of halogens is 1. The van der Waals surface area contributed by atoms with Crippen LogP contribution in [0.3, 0.4) is 0 Å². The number of aliphatic carboxylic acids is 1. The van der Waals surface area contributed by atoms with Crippen molar-refractivity contribution in [3.05, 3.63) is 75.5 Å². The van der Waals surface area contributed by atoms with Crippen LogP contribution < -0.4 is 16.0 Å². The molecule has 0 spiro atoms. The fourth-order valence-corrected chi connectivity index (χ4v) is 12.1. The van der Waals surface area contributed by atoms with Gasteiger partial charge in [0, 0.05) is 45.7 Å². The van der Waals surface area contributed by atoms with Crippen molar-refractivity contribution in [2.24, 2.45) is 28.6 Å². The van der Waals surface area contributed by atoms with E-state index in [0.29, 0.717) is 36.9 Å². The molecule has 0 unspecified atom stereocenters. The Morgan fingerprint density at radius 2 is 1.85 bits per heavy atom. The number of thiophene rings is 1. The first-order valence-corrected chi connectivity index (χ1v) is 23.8. The minimum atomic E-state index is -5.03. The summed E-state index contributed by atoms with van der Waals surface area (Å²) in [5, 5.41) is 30.6. The number of phosphoric ester groups is 1. The van der Waals surface area contributed by atoms with E-state index in [4.69, 9.17) is 19.1 Å². The molecule has 1 aromatic carbocycles. The number of aliphatic hydroxyl groups is 1. The molecule has 4 aliphatic carbocycles. The van der Waals surface area contributed by atoms with E-state index in [2.05, 4.69) is 31.9 Å². The number of carbonyl (C=O) groups is 6. The number of allylic oxidation sites excluding steroid dienone is 4. The molecule has 0 bridgehead atoms. The van der Waals surface area contributed by atoms with Crippen molar-refractivity contribution in [3.8, 4) is 0 Å². The number of carboxylic acid groups (broad SMARTS) is 1. The fraction of sp³-hybridized carbons (Fsp3) is 0.524. The van der Waals surface area contributed by atoms with Crippen molar-refractivity contribution >= 4 is 76.0 Å². The molecule has 1 aliphatic heterocycles. The van der Waals surface area contributed by atoms with Crippen molar-refractivity contribution in [1.29, 1.82) is 0 Å². The van der Waals surface area contributed by atoms with E-state index in [1.165, 1.54) is 11.3 Å². The quantitative estimate of drug-likeness (QED) is 0.0932. The number of alkyl halides is 1. The van der Waals surface area contributed by atoms with Gasteiger partial charge in [-0.2, -0.15) is 0 Å². The zero-order chi connectivity index (χ0) is 44.8. The molecule has 17 nitrogen and oxygen atoms in total. The zero-order valence-electron chi connectivity index (χ0n) is 33.9. The van der Waals surface area contributed by atoms with Crippen LogP contribution in [0, 0.1) is 28.6 Å². The average Bonchev–Trinajstić information content (AvgIpc) is 3.90. The maximum Gasteiger partial charge on any atom is 0.470 e. The Hall–Kier alpha value is -3.91. The Balaban J connectivity index is 1.05. The molecule has 3 amide bonds. The van der Waals surface area contributed by atoms with Crippen molar-refractivity contribution < 1.29 is 67.3 Å². The number of Topliss-reactive ketones (excluding diaryl/α,β-unsaturated/α-hetero) is 1. The van der Waals surface area contributed by atoms with Gasteiger partial charge >= 0.3 is 13.8 Å². The number of amides is 3. The van der Waals surface area contributed by atoms with Crippen LogP contribution in [-0.2, 0) is 53.8 Å². The summed E-state index contributed by atoms with van der Waals surface area (Å²) >= 11 is 4.41. The molecular formula is C42H49BrN3O14PS. The maximum absolute atomic E-state index is 14.4. The molecule has 2 aromatic rings. The summed E-state index contributed by atoms with van der Waals surface area (Å²) in [5.41, 5.74) is -0.358. The first kappa shape index (κ1) is 46.1. The summed E-state index contributed by atoms with van der Waals surface area (Å²) < 4.78 is 29.9. The maximum atomic E-state index is 14.4. The van der Waals surface area contributed by atoms with E-state index in [1.807, 2.05) is 31.4 Å². The number of aliphatic hydroxyl groups excluding tert-OH is 1. The number of hydrogen-bond donors (Lipinski definition) is 7. The summed E-state index contributed by atoms with van der Waals surface area (Å²) in [6, 6.07) is 7.65. The molecular weight excluding hydrogens is 913 g/mol. The van der Waals surface area contributed by atoms with Gasteiger partial charge in [0.2, 0.25) is 17.7 Å². The number of ketones is 2. The van der Waals surface area contributed by atoms with Gasteiger partial charge in [0.25, 0.3) is 0 Å². The molecule has 4 fully saturated rings. The minimum Gasteiger partial charge on any atom is -0.481 e. The Morgan fingerprint density at radius 3 is 2.55 bits per heavy atom. The fourth-order valence-electron chi connectivity index (χ4n) is 10.7. The molecule has 7 N–H and O–H groups in total. The number of carboxylic acids is 1. The smallest absolute Gasteiger partial charge is 0.470 e. The highest BCUT2D eigenvalue weighted by molar-refractivity contribution is 9.09. The van der Waals surface area contributed by atoms with E-state index in [-0.39, 0.29) is 54.7 Å². The molecule has 7 rings (SSSR count). The molecule has 10 atom stereocenters. The van der Waals surface area contributed by atoms with Crippen LogP contribution in [0.2, 0.25) is 0 Å². The number of benzene rings is 1. The van der Waals surface area contributed by atoms with Gasteiger partial charge in [-0.25, -0.2) is 4.57 Å². The highest BCUT2D eigenvalue weighted by Gasteiger charge is 2.76. The topological polar surface area (TPSA) is 264 Å². The lowest BCUT2D eigenvalue weighted by molar-refractivity contribution is -0.200. The van der Waals surface area contributed by atoms with Gasteiger partial charge in [-0.15, -0.1) is 11.3 Å². The van der Waals surface area contributed by atoms with Gasteiger partial charge in [-0.3, -0.25) is 33.3 Å². The van der Waals surface area contributed by atoms with E-state index >= 15 is 0 Å². The Morgan fingerprint density at radius 1 is 1.11 bits per heavy atom. The summed E-state index contributed by atoms with van der Waals surface area (Å²) in [6.45, 7) is 2.64. The van der Waals surface area contributed by atoms with Crippen molar-refractivity contribution in [2.75, 3.05) is 23.8 Å². The molecule has 0 radical (unpaired) electrons. The summed E-state index contributed by atoms with van der Waals surface area (Å²) in [6.07, 6.45) is 4.21. The monoisotopic (exact) mass is 961 g/mol. The standard InChI is InChI=1S/C42H49BrN3O14PS/c1-40-12-11-26(47)15-24(40)5-8-28-29-16-33-42(32(49)20-58-61(55,56)57,41(29,2)17-31(48)37(28)40)60-39(59-33)23-14-27(62-21-23)13-22-3-6-25(7-4-22)45-38(54)30(9-10-36(52)53)46-35(51)19-44-34(50)18-43/h3-4,6-7,11-12,14-15,21,28-31,33,37,39,48H,5,8-10,13,16-20H2,1-2H3,(H,44,50)(H,45,54)(H,46,51)(H,52,53)(H2,55,56,57)/t28-,29-,30-,31-,33+,37+,39+,40-,41-,42+/m0/s1.